The summed E-state index contributed by atoms with van der Waals surface area (Å²) >= 11 is 4.98. The SMILES string of the molecule is CCn1c(CCOCC(F)F)n[nH]c1=S. The lowest BCUT2D eigenvalue weighted by Crippen LogP contribution is -2.10. The van der Waals surface area contributed by atoms with Crippen molar-refractivity contribution >= 4 is 12.2 Å². The number of aromatic amines is 1. The molecule has 1 aromatic rings. The maximum absolute atomic E-state index is 11.7. The molecule has 1 aromatic heterocycles. The minimum absolute atomic E-state index is 0.226. The number of hydrogen-bond acceptors (Lipinski definition) is 3. The van der Waals surface area contributed by atoms with Crippen molar-refractivity contribution in [3.63, 3.8) is 0 Å². The molecule has 1 N–H and O–H groups in total. The van der Waals surface area contributed by atoms with Gasteiger partial charge in [0.25, 0.3) is 6.43 Å². The highest BCUT2D eigenvalue weighted by molar-refractivity contribution is 7.71. The van der Waals surface area contributed by atoms with E-state index in [-0.39, 0.29) is 6.61 Å². The zero-order valence-electron chi connectivity index (χ0n) is 8.37. The summed E-state index contributed by atoms with van der Waals surface area (Å²) in [6.45, 7) is 2.34. The summed E-state index contributed by atoms with van der Waals surface area (Å²) in [6, 6.07) is 0. The molecule has 86 valence electrons. The van der Waals surface area contributed by atoms with Gasteiger partial charge in [-0.3, -0.25) is 5.10 Å². The van der Waals surface area contributed by atoms with Gasteiger partial charge in [0.1, 0.15) is 12.4 Å². The van der Waals surface area contributed by atoms with Gasteiger partial charge in [0.05, 0.1) is 6.61 Å². The summed E-state index contributed by atoms with van der Waals surface area (Å²) in [5, 5.41) is 6.63. The Morgan fingerprint density at radius 1 is 1.60 bits per heavy atom. The molecule has 0 saturated heterocycles. The minimum Gasteiger partial charge on any atom is -0.375 e. The van der Waals surface area contributed by atoms with Crippen molar-refractivity contribution in [3.05, 3.63) is 10.6 Å². The van der Waals surface area contributed by atoms with Gasteiger partial charge in [-0.2, -0.15) is 5.10 Å². The van der Waals surface area contributed by atoms with Crippen LogP contribution in [0.4, 0.5) is 8.78 Å². The Labute approximate surface area is 91.3 Å². The van der Waals surface area contributed by atoms with Crippen LogP contribution >= 0.6 is 12.2 Å². The molecule has 0 saturated carbocycles. The lowest BCUT2D eigenvalue weighted by molar-refractivity contribution is 0.0181. The molecule has 0 aliphatic heterocycles. The van der Waals surface area contributed by atoms with Gasteiger partial charge in [-0.1, -0.05) is 0 Å². The Bertz CT molecular complexity index is 350. The molecule has 0 atom stereocenters. The van der Waals surface area contributed by atoms with Crippen LogP contribution in [0.1, 0.15) is 12.7 Å². The molecule has 0 radical (unpaired) electrons. The van der Waals surface area contributed by atoms with Gasteiger partial charge in [0, 0.05) is 13.0 Å². The second kappa shape index (κ2) is 5.92. The highest BCUT2D eigenvalue weighted by Crippen LogP contribution is 2.00. The molecule has 7 heteroatoms. The molecular weight excluding hydrogens is 224 g/mol. The zero-order valence-corrected chi connectivity index (χ0v) is 9.19. The molecule has 0 aliphatic carbocycles. The van der Waals surface area contributed by atoms with Crippen LogP contribution in [0, 0.1) is 4.77 Å². The maximum Gasteiger partial charge on any atom is 0.261 e. The molecule has 0 aromatic carbocycles. The first-order valence-electron chi connectivity index (χ1n) is 4.65. The third kappa shape index (κ3) is 3.67. The van der Waals surface area contributed by atoms with Crippen molar-refractivity contribution < 1.29 is 13.5 Å². The van der Waals surface area contributed by atoms with Crippen LogP contribution in [0.25, 0.3) is 0 Å². The third-order valence-corrected chi connectivity index (χ3v) is 2.18. The molecule has 0 bridgehead atoms. The summed E-state index contributed by atoms with van der Waals surface area (Å²) < 4.78 is 30.6. The Hall–Kier alpha value is -0.820. The van der Waals surface area contributed by atoms with Crippen molar-refractivity contribution in [3.8, 4) is 0 Å². The van der Waals surface area contributed by atoms with E-state index in [0.29, 0.717) is 17.7 Å². The van der Waals surface area contributed by atoms with Gasteiger partial charge >= 0.3 is 0 Å². The number of halogens is 2. The monoisotopic (exact) mass is 237 g/mol. The summed E-state index contributed by atoms with van der Waals surface area (Å²) in [4.78, 5) is 0. The number of nitrogens with zero attached hydrogens (tertiary/aromatic N) is 2. The van der Waals surface area contributed by atoms with E-state index in [2.05, 4.69) is 10.2 Å². The predicted molar refractivity (Wildman–Crippen MR) is 53.6 cm³/mol. The van der Waals surface area contributed by atoms with Gasteiger partial charge < -0.3 is 9.30 Å². The van der Waals surface area contributed by atoms with Crippen molar-refractivity contribution in [2.75, 3.05) is 13.2 Å². The number of ether oxygens (including phenoxy) is 1. The lowest BCUT2D eigenvalue weighted by Gasteiger charge is -2.04. The molecule has 0 amide bonds. The van der Waals surface area contributed by atoms with E-state index in [9.17, 15) is 8.78 Å². The van der Waals surface area contributed by atoms with Gasteiger partial charge in [0.2, 0.25) is 0 Å². The number of hydrogen-bond donors (Lipinski definition) is 1. The number of nitrogens with one attached hydrogen (secondary N) is 1. The predicted octanol–water partition coefficient (Wildman–Crippen LogP) is 1.78. The van der Waals surface area contributed by atoms with E-state index in [1.54, 1.807) is 4.57 Å². The first-order valence-corrected chi connectivity index (χ1v) is 5.06. The zero-order chi connectivity index (χ0) is 11.3. The van der Waals surface area contributed by atoms with E-state index in [0.717, 1.165) is 5.82 Å². The lowest BCUT2D eigenvalue weighted by atomic mass is 10.4. The van der Waals surface area contributed by atoms with Crippen LogP contribution in [-0.2, 0) is 17.7 Å². The molecule has 4 nitrogen and oxygen atoms in total. The first kappa shape index (κ1) is 12.3. The fourth-order valence-electron chi connectivity index (χ4n) is 1.20. The van der Waals surface area contributed by atoms with Crippen LogP contribution in [0.2, 0.25) is 0 Å². The molecule has 0 aliphatic rings. The smallest absolute Gasteiger partial charge is 0.261 e. The summed E-state index contributed by atoms with van der Waals surface area (Å²) in [5.74, 6) is 0.733. The Kier molecular flexibility index (Phi) is 4.83. The highest BCUT2D eigenvalue weighted by Gasteiger charge is 2.05. The fourth-order valence-corrected chi connectivity index (χ4v) is 1.48. The van der Waals surface area contributed by atoms with Crippen molar-refractivity contribution in [2.45, 2.75) is 26.3 Å². The first-order chi connectivity index (χ1) is 7.15. The minimum atomic E-state index is -2.42. The fraction of sp³-hybridized carbons (Fsp3) is 0.750. The molecule has 15 heavy (non-hydrogen) atoms. The van der Waals surface area contributed by atoms with Crippen molar-refractivity contribution in [1.82, 2.24) is 14.8 Å². The number of alkyl halides is 2. The molecule has 1 heterocycles. The normalized spacial score (nSPS) is 11.2. The van der Waals surface area contributed by atoms with Crippen LogP contribution in [0.5, 0.6) is 0 Å². The average molecular weight is 237 g/mol. The van der Waals surface area contributed by atoms with Crippen molar-refractivity contribution in [2.24, 2.45) is 0 Å². The standard InChI is InChI=1S/C8H13F2N3OS/c1-2-13-7(11-12-8(13)15)3-4-14-5-6(9)10/h6H,2-5H2,1H3,(H,12,15). The second-order valence-electron chi connectivity index (χ2n) is 2.91. The van der Waals surface area contributed by atoms with Crippen molar-refractivity contribution in [1.29, 1.82) is 0 Å². The van der Waals surface area contributed by atoms with Gasteiger partial charge in [-0.15, -0.1) is 0 Å². The Balaban J connectivity index is 2.40. The highest BCUT2D eigenvalue weighted by atomic mass is 32.1. The number of H-pyrrole nitrogens is 1. The molecule has 0 unspecified atom stereocenters. The van der Waals surface area contributed by atoms with Crippen LogP contribution in [0.3, 0.4) is 0 Å². The number of rotatable bonds is 6. The van der Waals surface area contributed by atoms with E-state index >= 15 is 0 Å². The van der Waals surface area contributed by atoms with E-state index in [1.807, 2.05) is 6.92 Å². The molecule has 0 spiro atoms. The maximum atomic E-state index is 11.7. The van der Waals surface area contributed by atoms with E-state index < -0.39 is 13.0 Å². The summed E-state index contributed by atoms with van der Waals surface area (Å²) in [7, 11) is 0. The summed E-state index contributed by atoms with van der Waals surface area (Å²) in [6.07, 6.45) is -1.94. The number of aromatic nitrogens is 3. The van der Waals surface area contributed by atoms with Crippen LogP contribution in [0.15, 0.2) is 0 Å². The molecule has 1 rings (SSSR count). The van der Waals surface area contributed by atoms with Gasteiger partial charge in [0.15, 0.2) is 4.77 Å². The third-order valence-electron chi connectivity index (χ3n) is 1.87. The Morgan fingerprint density at radius 2 is 2.33 bits per heavy atom. The van der Waals surface area contributed by atoms with E-state index in [1.165, 1.54) is 0 Å². The van der Waals surface area contributed by atoms with Gasteiger partial charge in [-0.05, 0) is 19.1 Å². The van der Waals surface area contributed by atoms with Crippen LogP contribution in [-0.4, -0.2) is 34.4 Å². The summed E-state index contributed by atoms with van der Waals surface area (Å²) in [5.41, 5.74) is 0. The van der Waals surface area contributed by atoms with Gasteiger partial charge in [-0.25, -0.2) is 8.78 Å². The quantitative estimate of drug-likeness (QED) is 0.606. The van der Waals surface area contributed by atoms with Crippen LogP contribution < -0.4 is 0 Å². The van der Waals surface area contributed by atoms with E-state index in [4.69, 9.17) is 17.0 Å². The molecule has 0 fully saturated rings. The Morgan fingerprint density at radius 3 is 2.93 bits per heavy atom. The largest absolute Gasteiger partial charge is 0.375 e. The topological polar surface area (TPSA) is 42.8 Å². The second-order valence-corrected chi connectivity index (χ2v) is 3.29. The molecular formula is C8H13F2N3OS. The average Bonchev–Trinajstić information content (AvgIpc) is 2.53.